The SMILES string of the molecule is C[C@@H](CO)Nc1cccc2ccccc12. The van der Waals surface area contributed by atoms with Crippen LogP contribution in [0.3, 0.4) is 0 Å². The van der Waals surface area contributed by atoms with E-state index in [0.717, 1.165) is 5.69 Å². The number of nitrogens with one attached hydrogen (secondary N) is 1. The van der Waals surface area contributed by atoms with E-state index in [4.69, 9.17) is 5.11 Å². The lowest BCUT2D eigenvalue weighted by atomic mass is 10.1. The fourth-order valence-electron chi connectivity index (χ4n) is 1.66. The van der Waals surface area contributed by atoms with Crippen molar-refractivity contribution in [3.05, 3.63) is 42.5 Å². The van der Waals surface area contributed by atoms with Crippen LogP contribution >= 0.6 is 0 Å². The van der Waals surface area contributed by atoms with Crippen LogP contribution in [-0.2, 0) is 0 Å². The van der Waals surface area contributed by atoms with Gasteiger partial charge in [0.1, 0.15) is 0 Å². The first-order valence-corrected chi connectivity index (χ1v) is 5.16. The fourth-order valence-corrected chi connectivity index (χ4v) is 1.66. The Bertz CT molecular complexity index is 448. The molecule has 2 nitrogen and oxygen atoms in total. The molecular weight excluding hydrogens is 186 g/mol. The number of rotatable bonds is 3. The third-order valence-electron chi connectivity index (χ3n) is 2.47. The second-order valence-corrected chi connectivity index (χ2v) is 3.75. The van der Waals surface area contributed by atoms with E-state index in [9.17, 15) is 0 Å². The third-order valence-corrected chi connectivity index (χ3v) is 2.47. The summed E-state index contributed by atoms with van der Waals surface area (Å²) in [6.45, 7) is 2.10. The lowest BCUT2D eigenvalue weighted by Gasteiger charge is -2.14. The van der Waals surface area contributed by atoms with E-state index < -0.39 is 0 Å². The molecule has 0 saturated heterocycles. The number of hydrogen-bond donors (Lipinski definition) is 2. The first kappa shape index (κ1) is 9.99. The van der Waals surface area contributed by atoms with E-state index in [0.29, 0.717) is 0 Å². The van der Waals surface area contributed by atoms with E-state index in [1.165, 1.54) is 10.8 Å². The summed E-state index contributed by atoms with van der Waals surface area (Å²) in [5.74, 6) is 0. The van der Waals surface area contributed by atoms with Crippen LogP contribution in [0.15, 0.2) is 42.5 Å². The van der Waals surface area contributed by atoms with E-state index >= 15 is 0 Å². The number of aliphatic hydroxyl groups is 1. The minimum Gasteiger partial charge on any atom is -0.394 e. The standard InChI is InChI=1S/C13H15NO/c1-10(9-15)14-13-8-4-6-11-5-2-3-7-12(11)13/h2-8,10,14-15H,9H2,1H3/t10-/m0/s1. The van der Waals surface area contributed by atoms with Gasteiger partial charge in [-0.05, 0) is 18.4 Å². The lowest BCUT2D eigenvalue weighted by Crippen LogP contribution is -2.19. The van der Waals surface area contributed by atoms with Gasteiger partial charge in [0, 0.05) is 17.1 Å². The third kappa shape index (κ3) is 2.10. The van der Waals surface area contributed by atoms with Crippen molar-refractivity contribution in [3.63, 3.8) is 0 Å². The zero-order chi connectivity index (χ0) is 10.7. The maximum Gasteiger partial charge on any atom is 0.0630 e. The molecule has 0 fully saturated rings. The first-order chi connectivity index (χ1) is 7.31. The van der Waals surface area contributed by atoms with Gasteiger partial charge in [0.2, 0.25) is 0 Å². The molecule has 0 aliphatic carbocycles. The molecule has 2 N–H and O–H groups in total. The molecule has 2 rings (SSSR count). The van der Waals surface area contributed by atoms with Crippen molar-refractivity contribution < 1.29 is 5.11 Å². The molecule has 0 bridgehead atoms. The van der Waals surface area contributed by atoms with Crippen molar-refractivity contribution in [2.75, 3.05) is 11.9 Å². The summed E-state index contributed by atoms with van der Waals surface area (Å²) in [7, 11) is 0. The topological polar surface area (TPSA) is 32.3 Å². The highest BCUT2D eigenvalue weighted by molar-refractivity contribution is 5.93. The highest BCUT2D eigenvalue weighted by Crippen LogP contribution is 2.23. The van der Waals surface area contributed by atoms with Crippen molar-refractivity contribution in [1.82, 2.24) is 0 Å². The maximum absolute atomic E-state index is 9.01. The molecule has 0 aromatic heterocycles. The maximum atomic E-state index is 9.01. The van der Waals surface area contributed by atoms with Gasteiger partial charge in [0.05, 0.1) is 6.61 Å². The van der Waals surface area contributed by atoms with Crippen LogP contribution in [-0.4, -0.2) is 17.8 Å². The predicted octanol–water partition coefficient (Wildman–Crippen LogP) is 2.63. The van der Waals surface area contributed by atoms with E-state index in [1.54, 1.807) is 0 Å². The molecule has 1 atom stereocenters. The highest BCUT2D eigenvalue weighted by Gasteiger charge is 2.02. The summed E-state index contributed by atoms with van der Waals surface area (Å²) in [5.41, 5.74) is 1.08. The molecule has 0 heterocycles. The second kappa shape index (κ2) is 4.32. The first-order valence-electron chi connectivity index (χ1n) is 5.16. The Hall–Kier alpha value is -1.54. The molecule has 2 heteroatoms. The Morgan fingerprint density at radius 3 is 2.67 bits per heavy atom. The smallest absolute Gasteiger partial charge is 0.0630 e. The Balaban J connectivity index is 2.42. The van der Waals surface area contributed by atoms with Crippen molar-refractivity contribution in [1.29, 1.82) is 0 Å². The van der Waals surface area contributed by atoms with Crippen LogP contribution in [0.1, 0.15) is 6.92 Å². The van der Waals surface area contributed by atoms with Crippen LogP contribution in [0, 0.1) is 0 Å². The summed E-state index contributed by atoms with van der Waals surface area (Å²) in [4.78, 5) is 0. The summed E-state index contributed by atoms with van der Waals surface area (Å²) in [6, 6.07) is 14.5. The Labute approximate surface area is 89.6 Å². The predicted molar refractivity (Wildman–Crippen MR) is 64.1 cm³/mol. The largest absolute Gasteiger partial charge is 0.394 e. The quantitative estimate of drug-likeness (QED) is 0.800. The Morgan fingerprint density at radius 1 is 1.13 bits per heavy atom. The highest BCUT2D eigenvalue weighted by atomic mass is 16.3. The minimum atomic E-state index is 0.0795. The average Bonchev–Trinajstić information content (AvgIpc) is 2.29. The molecule has 0 radical (unpaired) electrons. The molecule has 2 aromatic rings. The lowest BCUT2D eigenvalue weighted by molar-refractivity contribution is 0.281. The molecule has 78 valence electrons. The molecular formula is C13H15NO. The van der Waals surface area contributed by atoms with Crippen LogP contribution < -0.4 is 5.32 Å². The van der Waals surface area contributed by atoms with Gasteiger partial charge in [0.15, 0.2) is 0 Å². The molecule has 0 aliphatic rings. The van der Waals surface area contributed by atoms with Gasteiger partial charge < -0.3 is 10.4 Å². The molecule has 0 saturated carbocycles. The summed E-state index contributed by atoms with van der Waals surface area (Å²) in [6.07, 6.45) is 0. The van der Waals surface area contributed by atoms with Crippen molar-refractivity contribution >= 4 is 16.5 Å². The van der Waals surface area contributed by atoms with Crippen molar-refractivity contribution in [3.8, 4) is 0 Å². The average molecular weight is 201 g/mol. The molecule has 0 unspecified atom stereocenters. The van der Waals surface area contributed by atoms with Crippen LogP contribution in [0.2, 0.25) is 0 Å². The van der Waals surface area contributed by atoms with Crippen LogP contribution in [0.25, 0.3) is 10.8 Å². The molecule has 0 amide bonds. The number of hydrogen-bond acceptors (Lipinski definition) is 2. The van der Waals surface area contributed by atoms with Crippen LogP contribution in [0.4, 0.5) is 5.69 Å². The summed E-state index contributed by atoms with van der Waals surface area (Å²) in [5, 5.41) is 14.7. The van der Waals surface area contributed by atoms with Gasteiger partial charge in [0.25, 0.3) is 0 Å². The molecule has 0 spiro atoms. The van der Waals surface area contributed by atoms with E-state index in [2.05, 4.69) is 23.5 Å². The number of benzene rings is 2. The monoisotopic (exact) mass is 201 g/mol. The van der Waals surface area contributed by atoms with Gasteiger partial charge in [-0.25, -0.2) is 0 Å². The Morgan fingerprint density at radius 2 is 1.87 bits per heavy atom. The van der Waals surface area contributed by atoms with E-state index in [-0.39, 0.29) is 12.6 Å². The van der Waals surface area contributed by atoms with Gasteiger partial charge in [-0.3, -0.25) is 0 Å². The summed E-state index contributed by atoms with van der Waals surface area (Å²) >= 11 is 0. The number of anilines is 1. The zero-order valence-corrected chi connectivity index (χ0v) is 8.77. The van der Waals surface area contributed by atoms with Crippen LogP contribution in [0.5, 0.6) is 0 Å². The normalized spacial score (nSPS) is 12.7. The summed E-state index contributed by atoms with van der Waals surface area (Å²) < 4.78 is 0. The van der Waals surface area contributed by atoms with Gasteiger partial charge >= 0.3 is 0 Å². The molecule has 15 heavy (non-hydrogen) atoms. The molecule has 0 aliphatic heterocycles. The van der Waals surface area contributed by atoms with Gasteiger partial charge in [-0.2, -0.15) is 0 Å². The minimum absolute atomic E-state index is 0.0795. The number of fused-ring (bicyclic) bond motifs is 1. The van der Waals surface area contributed by atoms with Crippen molar-refractivity contribution in [2.24, 2.45) is 0 Å². The Kier molecular flexibility index (Phi) is 2.88. The van der Waals surface area contributed by atoms with Crippen molar-refractivity contribution in [2.45, 2.75) is 13.0 Å². The number of aliphatic hydroxyl groups excluding tert-OH is 1. The zero-order valence-electron chi connectivity index (χ0n) is 8.77. The molecule has 2 aromatic carbocycles. The van der Waals surface area contributed by atoms with E-state index in [1.807, 2.05) is 31.2 Å². The fraction of sp³-hybridized carbons (Fsp3) is 0.231. The van der Waals surface area contributed by atoms with Gasteiger partial charge in [-0.1, -0.05) is 36.4 Å². The van der Waals surface area contributed by atoms with Gasteiger partial charge in [-0.15, -0.1) is 0 Å². The second-order valence-electron chi connectivity index (χ2n) is 3.75.